The Bertz CT molecular complexity index is 848. The first-order valence-electron chi connectivity index (χ1n) is 8.87. The smallest absolute Gasteiger partial charge is 0.410 e. The topological polar surface area (TPSA) is 38.8 Å². The SMILES string of the molecule is CN(Cc1cc(Br)ccc1Oc1ccc2c(c1)CCS2)C(=O)OC(C)(C)C. The van der Waals surface area contributed by atoms with Crippen LogP contribution in [0.2, 0.25) is 0 Å². The number of fused-ring (bicyclic) bond motifs is 1. The lowest BCUT2D eigenvalue weighted by molar-refractivity contribution is 0.0284. The van der Waals surface area contributed by atoms with Crippen molar-refractivity contribution in [3.8, 4) is 11.5 Å². The first-order chi connectivity index (χ1) is 12.7. The van der Waals surface area contributed by atoms with Gasteiger partial charge in [-0.3, -0.25) is 0 Å². The van der Waals surface area contributed by atoms with Crippen LogP contribution in [0.3, 0.4) is 0 Å². The number of carbonyl (C=O) groups is 1. The minimum absolute atomic E-state index is 0.358. The Morgan fingerprint density at radius 3 is 2.74 bits per heavy atom. The molecule has 0 radical (unpaired) electrons. The van der Waals surface area contributed by atoms with E-state index in [1.807, 2.05) is 56.8 Å². The number of amides is 1. The second-order valence-corrected chi connectivity index (χ2v) is 9.61. The van der Waals surface area contributed by atoms with Crippen molar-refractivity contribution in [1.82, 2.24) is 4.90 Å². The molecule has 0 saturated carbocycles. The summed E-state index contributed by atoms with van der Waals surface area (Å²) >= 11 is 5.39. The van der Waals surface area contributed by atoms with Crippen molar-refractivity contribution < 1.29 is 14.3 Å². The fourth-order valence-electron chi connectivity index (χ4n) is 2.78. The Labute approximate surface area is 173 Å². The van der Waals surface area contributed by atoms with Gasteiger partial charge in [0.15, 0.2) is 0 Å². The van der Waals surface area contributed by atoms with E-state index in [2.05, 4.69) is 28.1 Å². The molecular formula is C21H24BrNO3S. The van der Waals surface area contributed by atoms with Gasteiger partial charge in [0.05, 0.1) is 6.54 Å². The van der Waals surface area contributed by atoms with Crippen LogP contribution in [0.1, 0.15) is 31.9 Å². The van der Waals surface area contributed by atoms with Crippen molar-refractivity contribution in [1.29, 1.82) is 0 Å². The highest BCUT2D eigenvalue weighted by Gasteiger charge is 2.21. The second-order valence-electron chi connectivity index (χ2n) is 7.56. The summed E-state index contributed by atoms with van der Waals surface area (Å²) < 4.78 is 12.5. The summed E-state index contributed by atoms with van der Waals surface area (Å²) in [7, 11) is 1.73. The monoisotopic (exact) mass is 449 g/mol. The van der Waals surface area contributed by atoms with Gasteiger partial charge in [-0.2, -0.15) is 0 Å². The molecule has 2 aromatic rings. The molecule has 27 heavy (non-hydrogen) atoms. The van der Waals surface area contributed by atoms with Crippen molar-refractivity contribution in [2.75, 3.05) is 12.8 Å². The number of carbonyl (C=O) groups excluding carboxylic acids is 1. The molecule has 0 fully saturated rings. The molecule has 0 unspecified atom stereocenters. The van der Waals surface area contributed by atoms with E-state index in [0.717, 1.165) is 33.7 Å². The minimum atomic E-state index is -0.523. The molecule has 1 aliphatic heterocycles. The van der Waals surface area contributed by atoms with Crippen LogP contribution in [0.25, 0.3) is 0 Å². The van der Waals surface area contributed by atoms with E-state index >= 15 is 0 Å². The maximum Gasteiger partial charge on any atom is 0.410 e. The zero-order chi connectivity index (χ0) is 19.6. The summed E-state index contributed by atoms with van der Waals surface area (Å²) in [6.45, 7) is 5.97. The molecule has 0 spiro atoms. The van der Waals surface area contributed by atoms with Gasteiger partial charge in [-0.15, -0.1) is 11.8 Å². The fourth-order valence-corrected chi connectivity index (χ4v) is 4.25. The second kappa shape index (κ2) is 8.15. The van der Waals surface area contributed by atoms with Gasteiger partial charge in [0, 0.05) is 27.7 Å². The maximum atomic E-state index is 12.3. The fraction of sp³-hybridized carbons (Fsp3) is 0.381. The highest BCUT2D eigenvalue weighted by atomic mass is 79.9. The third-order valence-electron chi connectivity index (χ3n) is 4.02. The van der Waals surface area contributed by atoms with Gasteiger partial charge >= 0.3 is 6.09 Å². The Hall–Kier alpha value is -1.66. The summed E-state index contributed by atoms with van der Waals surface area (Å²) in [6, 6.07) is 12.1. The Balaban J connectivity index is 1.78. The van der Waals surface area contributed by atoms with Crippen LogP contribution in [0.15, 0.2) is 45.8 Å². The molecular weight excluding hydrogens is 426 g/mol. The number of aryl methyl sites for hydroxylation is 1. The highest BCUT2D eigenvalue weighted by molar-refractivity contribution is 9.10. The zero-order valence-corrected chi connectivity index (χ0v) is 18.4. The predicted molar refractivity (Wildman–Crippen MR) is 113 cm³/mol. The molecule has 0 aliphatic carbocycles. The van der Waals surface area contributed by atoms with Crippen LogP contribution < -0.4 is 4.74 Å². The van der Waals surface area contributed by atoms with Crippen molar-refractivity contribution in [2.45, 2.75) is 44.2 Å². The van der Waals surface area contributed by atoms with Gasteiger partial charge in [0.2, 0.25) is 0 Å². The lowest BCUT2D eigenvalue weighted by Crippen LogP contribution is -2.33. The molecule has 1 aliphatic rings. The molecule has 6 heteroatoms. The molecule has 144 valence electrons. The molecule has 0 N–H and O–H groups in total. The zero-order valence-electron chi connectivity index (χ0n) is 16.0. The summed E-state index contributed by atoms with van der Waals surface area (Å²) in [6.07, 6.45) is 0.717. The number of nitrogens with zero attached hydrogens (tertiary/aromatic N) is 1. The molecule has 0 atom stereocenters. The van der Waals surface area contributed by atoms with E-state index in [9.17, 15) is 4.79 Å². The molecule has 2 aromatic carbocycles. The lowest BCUT2D eigenvalue weighted by atomic mass is 10.1. The van der Waals surface area contributed by atoms with E-state index < -0.39 is 5.60 Å². The van der Waals surface area contributed by atoms with Crippen LogP contribution in [0, 0.1) is 0 Å². The first kappa shape index (κ1) is 20.1. The van der Waals surface area contributed by atoms with Gasteiger partial charge in [-0.1, -0.05) is 15.9 Å². The maximum absolute atomic E-state index is 12.3. The van der Waals surface area contributed by atoms with Crippen LogP contribution >= 0.6 is 27.7 Å². The first-order valence-corrected chi connectivity index (χ1v) is 10.7. The van der Waals surface area contributed by atoms with Crippen LogP contribution in [-0.2, 0) is 17.7 Å². The van der Waals surface area contributed by atoms with E-state index in [1.165, 1.54) is 10.5 Å². The van der Waals surface area contributed by atoms with Crippen molar-refractivity contribution in [3.05, 3.63) is 52.0 Å². The molecule has 1 amide bonds. The standard InChI is InChI=1S/C21H24BrNO3S/c1-21(2,3)26-20(24)23(4)13-15-11-16(22)5-7-18(15)25-17-6-8-19-14(12-17)9-10-27-19/h5-8,11-12H,9-10,13H2,1-4H3. The largest absolute Gasteiger partial charge is 0.457 e. The van der Waals surface area contributed by atoms with E-state index in [4.69, 9.17) is 9.47 Å². The number of halogens is 1. The molecule has 4 nitrogen and oxygen atoms in total. The number of rotatable bonds is 4. The van der Waals surface area contributed by atoms with Gasteiger partial charge in [0.25, 0.3) is 0 Å². The molecule has 1 heterocycles. The molecule has 0 aromatic heterocycles. The summed E-state index contributed by atoms with van der Waals surface area (Å²) in [5, 5.41) is 0. The normalized spacial score (nSPS) is 13.2. The van der Waals surface area contributed by atoms with Gasteiger partial charge in [-0.05, 0) is 69.2 Å². The van der Waals surface area contributed by atoms with Crippen molar-refractivity contribution in [3.63, 3.8) is 0 Å². The quantitative estimate of drug-likeness (QED) is 0.552. The number of ether oxygens (including phenoxy) is 2. The average Bonchev–Trinajstić information content (AvgIpc) is 3.03. The molecule has 0 bridgehead atoms. The lowest BCUT2D eigenvalue weighted by Gasteiger charge is -2.25. The molecule has 0 saturated heterocycles. The predicted octanol–water partition coefficient (Wildman–Crippen LogP) is 6.26. The molecule has 3 rings (SSSR count). The van der Waals surface area contributed by atoms with Crippen molar-refractivity contribution in [2.24, 2.45) is 0 Å². The summed E-state index contributed by atoms with van der Waals surface area (Å²) in [5.41, 5.74) is 1.72. The van der Waals surface area contributed by atoms with Crippen LogP contribution in [0.5, 0.6) is 11.5 Å². The van der Waals surface area contributed by atoms with Crippen LogP contribution in [-0.4, -0.2) is 29.4 Å². The van der Waals surface area contributed by atoms with Gasteiger partial charge < -0.3 is 14.4 Å². The van der Waals surface area contributed by atoms with E-state index in [0.29, 0.717) is 6.54 Å². The number of benzene rings is 2. The van der Waals surface area contributed by atoms with E-state index in [-0.39, 0.29) is 6.09 Å². The average molecular weight is 450 g/mol. The van der Waals surface area contributed by atoms with Gasteiger partial charge in [-0.25, -0.2) is 4.79 Å². The Morgan fingerprint density at radius 1 is 1.22 bits per heavy atom. The Morgan fingerprint density at radius 2 is 2.00 bits per heavy atom. The number of hydrogen-bond acceptors (Lipinski definition) is 4. The summed E-state index contributed by atoms with van der Waals surface area (Å²) in [5.74, 6) is 2.68. The minimum Gasteiger partial charge on any atom is -0.457 e. The third kappa shape index (κ3) is 5.42. The van der Waals surface area contributed by atoms with E-state index in [1.54, 1.807) is 11.9 Å². The third-order valence-corrected chi connectivity index (χ3v) is 5.63. The van der Waals surface area contributed by atoms with Crippen LogP contribution in [0.4, 0.5) is 4.79 Å². The summed E-state index contributed by atoms with van der Waals surface area (Å²) in [4.78, 5) is 15.2. The van der Waals surface area contributed by atoms with Gasteiger partial charge in [0.1, 0.15) is 17.1 Å². The van der Waals surface area contributed by atoms with Crippen molar-refractivity contribution >= 4 is 33.8 Å². The number of hydrogen-bond donors (Lipinski definition) is 0. The highest BCUT2D eigenvalue weighted by Crippen LogP contribution is 2.36. The Kier molecular flexibility index (Phi) is 6.06. The number of thioether (sulfide) groups is 1.